The summed E-state index contributed by atoms with van der Waals surface area (Å²) in [5.74, 6) is 0.237. The predicted molar refractivity (Wildman–Crippen MR) is 74.9 cm³/mol. The fourth-order valence-corrected chi connectivity index (χ4v) is 1.47. The molecule has 1 aromatic rings. The third kappa shape index (κ3) is 4.79. The highest BCUT2D eigenvalue weighted by Crippen LogP contribution is 2.23. The number of hydrogen-bond donors (Lipinski definition) is 2. The second-order valence-electron chi connectivity index (χ2n) is 4.71. The molecule has 0 aliphatic carbocycles. The summed E-state index contributed by atoms with van der Waals surface area (Å²) in [4.78, 5) is 22.9. The van der Waals surface area contributed by atoms with Gasteiger partial charge in [0.25, 0.3) is 11.8 Å². The Hall–Kier alpha value is -2.24. The number of methoxy groups -OCH3 is 1. The molecule has 1 aromatic carbocycles. The standard InChI is InChI=1S/C14H20N2O4/c1-9(2)7-16-13(17)8-20-12-5-4-10(19-3)6-11(12)14(15)18/h4-6,9H,7-8H2,1-3H3,(H2,15,18)(H,16,17). The number of carbonyl (C=O) groups is 2. The van der Waals surface area contributed by atoms with Crippen molar-refractivity contribution in [1.29, 1.82) is 0 Å². The lowest BCUT2D eigenvalue weighted by molar-refractivity contribution is -0.123. The Morgan fingerprint density at radius 2 is 2.05 bits per heavy atom. The first-order valence-corrected chi connectivity index (χ1v) is 6.31. The Kier molecular flexibility index (Phi) is 5.83. The summed E-state index contributed by atoms with van der Waals surface area (Å²) in [5, 5.41) is 2.72. The normalized spacial score (nSPS) is 10.2. The summed E-state index contributed by atoms with van der Waals surface area (Å²) >= 11 is 0. The van der Waals surface area contributed by atoms with E-state index < -0.39 is 5.91 Å². The van der Waals surface area contributed by atoms with Gasteiger partial charge in [0.1, 0.15) is 11.5 Å². The van der Waals surface area contributed by atoms with Crippen molar-refractivity contribution in [3.8, 4) is 11.5 Å². The van der Waals surface area contributed by atoms with Crippen LogP contribution in [0.2, 0.25) is 0 Å². The Morgan fingerprint density at radius 3 is 2.60 bits per heavy atom. The van der Waals surface area contributed by atoms with Gasteiger partial charge in [-0.1, -0.05) is 13.8 Å². The van der Waals surface area contributed by atoms with Crippen LogP contribution in [0.25, 0.3) is 0 Å². The maximum absolute atomic E-state index is 11.5. The average Bonchev–Trinajstić information content (AvgIpc) is 2.42. The Morgan fingerprint density at radius 1 is 1.35 bits per heavy atom. The quantitative estimate of drug-likeness (QED) is 0.778. The molecular weight excluding hydrogens is 260 g/mol. The average molecular weight is 280 g/mol. The van der Waals surface area contributed by atoms with Crippen LogP contribution in [-0.4, -0.2) is 32.1 Å². The first kappa shape index (κ1) is 15.8. The highest BCUT2D eigenvalue weighted by Gasteiger charge is 2.12. The second kappa shape index (κ2) is 7.37. The van der Waals surface area contributed by atoms with Gasteiger partial charge in [-0.05, 0) is 24.1 Å². The number of amides is 2. The van der Waals surface area contributed by atoms with Crippen molar-refractivity contribution >= 4 is 11.8 Å². The van der Waals surface area contributed by atoms with E-state index in [9.17, 15) is 9.59 Å². The van der Waals surface area contributed by atoms with Gasteiger partial charge in [-0.3, -0.25) is 9.59 Å². The van der Waals surface area contributed by atoms with Gasteiger partial charge < -0.3 is 20.5 Å². The van der Waals surface area contributed by atoms with Crippen LogP contribution in [0.3, 0.4) is 0 Å². The minimum atomic E-state index is -0.638. The summed E-state index contributed by atoms with van der Waals surface area (Å²) in [7, 11) is 1.49. The van der Waals surface area contributed by atoms with E-state index in [1.165, 1.54) is 13.2 Å². The number of rotatable bonds is 7. The first-order valence-electron chi connectivity index (χ1n) is 6.31. The Labute approximate surface area is 118 Å². The third-order valence-electron chi connectivity index (χ3n) is 2.52. The highest BCUT2D eigenvalue weighted by atomic mass is 16.5. The van der Waals surface area contributed by atoms with E-state index in [-0.39, 0.29) is 23.8 Å². The molecule has 0 spiro atoms. The summed E-state index contributed by atoms with van der Waals surface area (Å²) in [6.07, 6.45) is 0. The summed E-state index contributed by atoms with van der Waals surface area (Å²) < 4.78 is 10.3. The van der Waals surface area contributed by atoms with Gasteiger partial charge in [0.05, 0.1) is 12.7 Å². The van der Waals surface area contributed by atoms with Gasteiger partial charge in [-0.15, -0.1) is 0 Å². The van der Waals surface area contributed by atoms with E-state index in [0.717, 1.165) is 0 Å². The molecule has 0 bridgehead atoms. The van der Waals surface area contributed by atoms with Crippen LogP contribution in [0.5, 0.6) is 11.5 Å². The molecule has 0 aliphatic rings. The van der Waals surface area contributed by atoms with Crippen LogP contribution >= 0.6 is 0 Å². The van der Waals surface area contributed by atoms with Crippen LogP contribution in [0, 0.1) is 5.92 Å². The second-order valence-corrected chi connectivity index (χ2v) is 4.71. The van der Waals surface area contributed by atoms with Gasteiger partial charge in [-0.25, -0.2) is 0 Å². The van der Waals surface area contributed by atoms with Crippen LogP contribution < -0.4 is 20.5 Å². The van der Waals surface area contributed by atoms with Crippen LogP contribution in [-0.2, 0) is 4.79 Å². The number of primary amides is 1. The lowest BCUT2D eigenvalue weighted by Gasteiger charge is -2.12. The molecular formula is C14H20N2O4. The van der Waals surface area contributed by atoms with Crippen LogP contribution in [0.4, 0.5) is 0 Å². The number of carbonyl (C=O) groups excluding carboxylic acids is 2. The molecule has 0 aliphatic heterocycles. The monoisotopic (exact) mass is 280 g/mol. The molecule has 20 heavy (non-hydrogen) atoms. The Bertz CT molecular complexity index is 486. The summed E-state index contributed by atoms with van der Waals surface area (Å²) in [6, 6.07) is 4.66. The lowest BCUT2D eigenvalue weighted by Crippen LogP contribution is -2.32. The maximum Gasteiger partial charge on any atom is 0.257 e. The van der Waals surface area contributed by atoms with Gasteiger partial charge >= 0.3 is 0 Å². The van der Waals surface area contributed by atoms with E-state index in [1.54, 1.807) is 12.1 Å². The highest BCUT2D eigenvalue weighted by molar-refractivity contribution is 5.96. The topological polar surface area (TPSA) is 90.7 Å². The van der Waals surface area contributed by atoms with Crippen molar-refractivity contribution in [1.82, 2.24) is 5.32 Å². The van der Waals surface area contributed by atoms with Crippen molar-refractivity contribution in [2.45, 2.75) is 13.8 Å². The minimum absolute atomic E-state index is 0.167. The molecule has 0 heterocycles. The summed E-state index contributed by atoms with van der Waals surface area (Å²) in [6.45, 7) is 4.40. The molecule has 0 saturated heterocycles. The van der Waals surface area contributed by atoms with E-state index in [1.807, 2.05) is 13.8 Å². The molecule has 0 saturated carbocycles. The zero-order valence-electron chi connectivity index (χ0n) is 11.9. The van der Waals surface area contributed by atoms with Crippen molar-refractivity contribution in [3.05, 3.63) is 23.8 Å². The molecule has 6 nitrogen and oxygen atoms in total. The molecule has 3 N–H and O–H groups in total. The third-order valence-corrected chi connectivity index (χ3v) is 2.52. The van der Waals surface area contributed by atoms with Gasteiger partial charge in [0.15, 0.2) is 6.61 Å². The van der Waals surface area contributed by atoms with Gasteiger partial charge in [-0.2, -0.15) is 0 Å². The minimum Gasteiger partial charge on any atom is -0.497 e. The van der Waals surface area contributed by atoms with Gasteiger partial charge in [0.2, 0.25) is 0 Å². The molecule has 0 fully saturated rings. The van der Waals surface area contributed by atoms with Crippen molar-refractivity contribution < 1.29 is 19.1 Å². The predicted octanol–water partition coefficient (Wildman–Crippen LogP) is 0.945. The molecule has 0 atom stereocenters. The van der Waals surface area contributed by atoms with Crippen molar-refractivity contribution in [2.24, 2.45) is 11.7 Å². The van der Waals surface area contributed by atoms with Gasteiger partial charge in [0, 0.05) is 6.54 Å². The molecule has 0 radical (unpaired) electrons. The van der Waals surface area contributed by atoms with Crippen molar-refractivity contribution in [3.63, 3.8) is 0 Å². The first-order chi connectivity index (χ1) is 9.43. The molecule has 0 unspecified atom stereocenters. The van der Waals surface area contributed by atoms with E-state index in [2.05, 4.69) is 5.32 Å². The Balaban J connectivity index is 2.67. The van der Waals surface area contributed by atoms with E-state index in [0.29, 0.717) is 18.2 Å². The van der Waals surface area contributed by atoms with Crippen LogP contribution in [0.1, 0.15) is 24.2 Å². The molecule has 6 heteroatoms. The largest absolute Gasteiger partial charge is 0.497 e. The fraction of sp³-hybridized carbons (Fsp3) is 0.429. The number of hydrogen-bond acceptors (Lipinski definition) is 4. The zero-order chi connectivity index (χ0) is 15.1. The van der Waals surface area contributed by atoms with Crippen LogP contribution in [0.15, 0.2) is 18.2 Å². The smallest absolute Gasteiger partial charge is 0.257 e. The summed E-state index contributed by atoms with van der Waals surface area (Å²) in [5.41, 5.74) is 5.45. The number of benzene rings is 1. The maximum atomic E-state index is 11.5. The fourth-order valence-electron chi connectivity index (χ4n) is 1.47. The number of nitrogens with one attached hydrogen (secondary N) is 1. The van der Waals surface area contributed by atoms with Crippen molar-refractivity contribution in [2.75, 3.05) is 20.3 Å². The SMILES string of the molecule is COc1ccc(OCC(=O)NCC(C)C)c(C(N)=O)c1. The van der Waals surface area contributed by atoms with E-state index >= 15 is 0 Å². The zero-order valence-corrected chi connectivity index (χ0v) is 11.9. The number of nitrogens with two attached hydrogens (primary N) is 1. The molecule has 110 valence electrons. The number of ether oxygens (including phenoxy) is 2. The molecule has 0 aromatic heterocycles. The van der Waals surface area contributed by atoms with E-state index in [4.69, 9.17) is 15.2 Å². The molecule has 2 amide bonds. The lowest BCUT2D eigenvalue weighted by atomic mass is 10.2. The molecule has 1 rings (SSSR count).